The molecule has 0 saturated carbocycles. The highest BCUT2D eigenvalue weighted by atomic mass is 32.2. The van der Waals surface area contributed by atoms with Crippen molar-refractivity contribution in [2.45, 2.75) is 44.0 Å². The summed E-state index contributed by atoms with van der Waals surface area (Å²) in [5, 5.41) is 4.88. The number of nitrogens with one attached hydrogen (secondary N) is 1. The zero-order valence-electron chi connectivity index (χ0n) is 15.3. The van der Waals surface area contributed by atoms with Crippen LogP contribution < -0.4 is 5.32 Å². The lowest BCUT2D eigenvalue weighted by atomic mass is 9.98. The van der Waals surface area contributed by atoms with Crippen LogP contribution in [0.5, 0.6) is 0 Å². The van der Waals surface area contributed by atoms with Crippen LogP contribution >= 0.6 is 0 Å². The molecular weight excluding hydrogens is 348 g/mol. The molecule has 26 heavy (non-hydrogen) atoms. The lowest BCUT2D eigenvalue weighted by molar-refractivity contribution is -0.126. The molecule has 6 heteroatoms. The number of nitrogens with zero attached hydrogens (tertiary/aromatic N) is 1. The van der Waals surface area contributed by atoms with Gasteiger partial charge in [-0.15, -0.1) is 0 Å². The monoisotopic (exact) mass is 374 g/mol. The van der Waals surface area contributed by atoms with Crippen LogP contribution in [0.1, 0.15) is 33.1 Å². The number of piperidine rings is 1. The standard InChI is InChI=1S/C20H26N2O3S/c1-3-15(2)21-20(23)18-9-6-12-22(14-18)26(24,25)19-11-10-16-7-4-5-8-17(16)13-19/h4-5,7-8,10-11,13,15,18H,3,6,9,12,14H2,1-2H3,(H,21,23)/t15-,18+/m0/s1. The number of hydrogen-bond acceptors (Lipinski definition) is 3. The smallest absolute Gasteiger partial charge is 0.243 e. The summed E-state index contributed by atoms with van der Waals surface area (Å²) in [6.45, 7) is 4.69. The average molecular weight is 375 g/mol. The summed E-state index contributed by atoms with van der Waals surface area (Å²) < 4.78 is 27.6. The van der Waals surface area contributed by atoms with Crippen molar-refractivity contribution in [2.75, 3.05) is 13.1 Å². The Morgan fingerprint density at radius 3 is 2.69 bits per heavy atom. The van der Waals surface area contributed by atoms with Crippen molar-refractivity contribution >= 4 is 26.7 Å². The fourth-order valence-electron chi connectivity index (χ4n) is 3.31. The Bertz CT molecular complexity index is 895. The molecule has 1 aliphatic rings. The SMILES string of the molecule is CC[C@H](C)NC(=O)[C@@H]1CCCN(S(=O)(=O)c2ccc3ccccc3c2)C1. The summed E-state index contributed by atoms with van der Waals surface area (Å²) in [4.78, 5) is 12.7. The summed E-state index contributed by atoms with van der Waals surface area (Å²) >= 11 is 0. The molecule has 2 aromatic rings. The van der Waals surface area contributed by atoms with E-state index in [0.717, 1.165) is 23.6 Å². The van der Waals surface area contributed by atoms with Crippen LogP contribution in [0, 0.1) is 5.92 Å². The molecule has 140 valence electrons. The summed E-state index contributed by atoms with van der Waals surface area (Å²) in [5.41, 5.74) is 0. The Morgan fingerprint density at radius 1 is 1.23 bits per heavy atom. The minimum atomic E-state index is -3.60. The van der Waals surface area contributed by atoms with Crippen LogP contribution in [0.15, 0.2) is 47.4 Å². The van der Waals surface area contributed by atoms with Crippen molar-refractivity contribution in [3.05, 3.63) is 42.5 Å². The van der Waals surface area contributed by atoms with Gasteiger partial charge in [0.25, 0.3) is 0 Å². The quantitative estimate of drug-likeness (QED) is 0.874. The van der Waals surface area contributed by atoms with E-state index in [9.17, 15) is 13.2 Å². The third-order valence-electron chi connectivity index (χ3n) is 5.11. The van der Waals surface area contributed by atoms with Crippen LogP contribution in [0.4, 0.5) is 0 Å². The van der Waals surface area contributed by atoms with Gasteiger partial charge >= 0.3 is 0 Å². The van der Waals surface area contributed by atoms with Gasteiger partial charge in [-0.05, 0) is 49.1 Å². The maximum absolute atomic E-state index is 13.1. The van der Waals surface area contributed by atoms with Gasteiger partial charge in [0.2, 0.25) is 15.9 Å². The van der Waals surface area contributed by atoms with E-state index in [-0.39, 0.29) is 24.4 Å². The number of amides is 1. The third kappa shape index (κ3) is 3.91. The molecule has 0 aliphatic carbocycles. The molecule has 0 bridgehead atoms. The molecule has 1 aliphatic heterocycles. The second-order valence-corrected chi connectivity index (χ2v) is 8.97. The molecule has 0 aromatic heterocycles. The minimum absolute atomic E-state index is 0.0437. The van der Waals surface area contributed by atoms with Gasteiger partial charge in [0.05, 0.1) is 10.8 Å². The number of benzene rings is 2. The summed E-state index contributed by atoms with van der Waals surface area (Å²) in [6.07, 6.45) is 2.29. The average Bonchev–Trinajstić information content (AvgIpc) is 2.67. The number of hydrogen-bond donors (Lipinski definition) is 1. The molecule has 1 fully saturated rings. The van der Waals surface area contributed by atoms with E-state index in [0.29, 0.717) is 17.9 Å². The molecule has 1 amide bonds. The second kappa shape index (κ2) is 7.76. The van der Waals surface area contributed by atoms with Crippen molar-refractivity contribution in [1.29, 1.82) is 0 Å². The number of sulfonamides is 1. The Kier molecular flexibility index (Phi) is 5.63. The highest BCUT2D eigenvalue weighted by Crippen LogP contribution is 2.26. The summed E-state index contributed by atoms with van der Waals surface area (Å²) in [7, 11) is -3.60. The molecule has 1 N–H and O–H groups in total. The molecule has 1 heterocycles. The maximum Gasteiger partial charge on any atom is 0.243 e. The first-order valence-corrected chi connectivity index (χ1v) is 10.6. The molecule has 2 atom stereocenters. The van der Waals surface area contributed by atoms with Crippen molar-refractivity contribution in [3.8, 4) is 0 Å². The molecule has 0 spiro atoms. The third-order valence-corrected chi connectivity index (χ3v) is 6.98. The van der Waals surface area contributed by atoms with Crippen LogP contribution in [0.2, 0.25) is 0 Å². The number of carbonyl (C=O) groups excluding carboxylic acids is 1. The lowest BCUT2D eigenvalue weighted by Crippen LogP contribution is -2.46. The van der Waals surface area contributed by atoms with Crippen LogP contribution in [0.25, 0.3) is 10.8 Å². The largest absolute Gasteiger partial charge is 0.353 e. The van der Waals surface area contributed by atoms with E-state index in [4.69, 9.17) is 0 Å². The molecule has 3 rings (SSSR count). The minimum Gasteiger partial charge on any atom is -0.353 e. The van der Waals surface area contributed by atoms with Crippen molar-refractivity contribution in [2.24, 2.45) is 5.92 Å². The topological polar surface area (TPSA) is 66.5 Å². The number of rotatable bonds is 5. The molecule has 2 aromatic carbocycles. The van der Waals surface area contributed by atoms with E-state index in [1.165, 1.54) is 4.31 Å². The first kappa shape index (κ1) is 18.9. The van der Waals surface area contributed by atoms with Gasteiger partial charge in [-0.1, -0.05) is 37.3 Å². The fraction of sp³-hybridized carbons (Fsp3) is 0.450. The van der Waals surface area contributed by atoms with Gasteiger partial charge in [0.15, 0.2) is 0 Å². The van der Waals surface area contributed by atoms with E-state index >= 15 is 0 Å². The van der Waals surface area contributed by atoms with Gasteiger partial charge < -0.3 is 5.32 Å². The fourth-order valence-corrected chi connectivity index (χ4v) is 4.87. The zero-order chi connectivity index (χ0) is 18.7. The molecule has 0 radical (unpaired) electrons. The van der Waals surface area contributed by atoms with Gasteiger partial charge in [-0.25, -0.2) is 8.42 Å². The van der Waals surface area contributed by atoms with Crippen LogP contribution in [0.3, 0.4) is 0 Å². The van der Waals surface area contributed by atoms with Crippen LogP contribution in [-0.2, 0) is 14.8 Å². The van der Waals surface area contributed by atoms with Gasteiger partial charge in [0, 0.05) is 19.1 Å². The summed E-state index contributed by atoms with van der Waals surface area (Å²) in [5.74, 6) is -0.328. The maximum atomic E-state index is 13.1. The van der Waals surface area contributed by atoms with Crippen LogP contribution in [-0.4, -0.2) is 37.8 Å². The summed E-state index contributed by atoms with van der Waals surface area (Å²) in [6, 6.07) is 13.0. The number of carbonyl (C=O) groups is 1. The normalized spacial score (nSPS) is 20.0. The van der Waals surface area contributed by atoms with Crippen molar-refractivity contribution in [1.82, 2.24) is 9.62 Å². The lowest BCUT2D eigenvalue weighted by Gasteiger charge is -2.31. The first-order valence-electron chi connectivity index (χ1n) is 9.21. The van der Waals surface area contributed by atoms with Crippen molar-refractivity contribution in [3.63, 3.8) is 0 Å². The van der Waals surface area contributed by atoms with E-state index in [2.05, 4.69) is 5.32 Å². The Morgan fingerprint density at radius 2 is 1.96 bits per heavy atom. The predicted octanol–water partition coefficient (Wildman–Crippen LogP) is 3.16. The van der Waals surface area contributed by atoms with Crippen molar-refractivity contribution < 1.29 is 13.2 Å². The van der Waals surface area contributed by atoms with E-state index in [1.807, 2.05) is 44.2 Å². The van der Waals surface area contributed by atoms with E-state index < -0.39 is 10.0 Å². The molecule has 1 saturated heterocycles. The predicted molar refractivity (Wildman–Crippen MR) is 103 cm³/mol. The highest BCUT2D eigenvalue weighted by Gasteiger charge is 2.33. The Balaban J connectivity index is 1.80. The Hall–Kier alpha value is -1.92. The van der Waals surface area contributed by atoms with Gasteiger partial charge in [-0.2, -0.15) is 4.31 Å². The molecule has 5 nitrogen and oxygen atoms in total. The molecule has 0 unspecified atom stereocenters. The first-order chi connectivity index (χ1) is 12.4. The Labute approximate surface area is 155 Å². The molecular formula is C20H26N2O3S. The highest BCUT2D eigenvalue weighted by molar-refractivity contribution is 7.89. The van der Waals surface area contributed by atoms with E-state index in [1.54, 1.807) is 12.1 Å². The number of fused-ring (bicyclic) bond motifs is 1. The van der Waals surface area contributed by atoms with Gasteiger partial charge in [-0.3, -0.25) is 4.79 Å². The zero-order valence-corrected chi connectivity index (χ0v) is 16.1. The second-order valence-electron chi connectivity index (χ2n) is 7.03. The van der Waals surface area contributed by atoms with Gasteiger partial charge in [0.1, 0.15) is 0 Å².